The molecule has 2 atom stereocenters. The molecular weight excluding hydrogens is 266 g/mol. The van der Waals surface area contributed by atoms with Crippen molar-refractivity contribution in [1.29, 1.82) is 0 Å². The van der Waals surface area contributed by atoms with E-state index >= 15 is 0 Å². The van der Waals surface area contributed by atoms with Crippen molar-refractivity contribution in [1.82, 2.24) is 0 Å². The Morgan fingerprint density at radius 2 is 1.67 bits per heavy atom. The summed E-state index contributed by atoms with van der Waals surface area (Å²) < 4.78 is 5.50. The minimum absolute atomic E-state index is 0.105. The van der Waals surface area contributed by atoms with Crippen LogP contribution in [0.5, 0.6) is 0 Å². The zero-order valence-electron chi connectivity index (χ0n) is 11.5. The standard InChI is InChI=1S/C16H17N3O2/c17-19-18-16(14-9-5-2-6-10-14)15(20)12-21-11-13-7-3-1-4-8-13/h1-10,15-16,20H,11-12H2/t15-,16-/m0/s1. The fourth-order valence-corrected chi connectivity index (χ4v) is 2.03. The van der Waals surface area contributed by atoms with Crippen LogP contribution in [0, 0.1) is 0 Å². The highest BCUT2D eigenvalue weighted by molar-refractivity contribution is 5.20. The third-order valence-electron chi connectivity index (χ3n) is 3.08. The van der Waals surface area contributed by atoms with Gasteiger partial charge >= 0.3 is 0 Å². The van der Waals surface area contributed by atoms with Gasteiger partial charge in [-0.15, -0.1) is 0 Å². The highest BCUT2D eigenvalue weighted by atomic mass is 16.5. The largest absolute Gasteiger partial charge is 0.390 e. The van der Waals surface area contributed by atoms with Crippen LogP contribution in [-0.4, -0.2) is 17.8 Å². The Kier molecular flexibility index (Phi) is 5.79. The minimum atomic E-state index is -0.882. The Labute approximate surface area is 123 Å². The van der Waals surface area contributed by atoms with Gasteiger partial charge in [0.1, 0.15) is 0 Å². The zero-order valence-corrected chi connectivity index (χ0v) is 11.5. The Morgan fingerprint density at radius 1 is 1.05 bits per heavy atom. The van der Waals surface area contributed by atoms with Crippen LogP contribution >= 0.6 is 0 Å². The van der Waals surface area contributed by atoms with E-state index in [4.69, 9.17) is 10.3 Å². The van der Waals surface area contributed by atoms with Crippen LogP contribution in [0.4, 0.5) is 0 Å². The van der Waals surface area contributed by atoms with E-state index in [0.29, 0.717) is 6.61 Å². The fourth-order valence-electron chi connectivity index (χ4n) is 2.03. The molecular formula is C16H17N3O2. The van der Waals surface area contributed by atoms with E-state index in [2.05, 4.69) is 10.0 Å². The Balaban J connectivity index is 1.93. The molecule has 0 fully saturated rings. The molecule has 2 aromatic rings. The lowest BCUT2D eigenvalue weighted by atomic mass is 10.0. The first-order valence-corrected chi connectivity index (χ1v) is 6.70. The second-order valence-electron chi connectivity index (χ2n) is 4.63. The molecule has 0 saturated heterocycles. The van der Waals surface area contributed by atoms with E-state index in [1.165, 1.54) is 0 Å². The Hall–Kier alpha value is -2.33. The number of nitrogens with zero attached hydrogens (tertiary/aromatic N) is 3. The molecule has 0 radical (unpaired) electrons. The molecule has 0 unspecified atom stereocenters. The molecule has 0 spiro atoms. The quantitative estimate of drug-likeness (QED) is 0.478. The maximum Gasteiger partial charge on any atom is 0.0907 e. The molecule has 0 aliphatic carbocycles. The molecule has 2 rings (SSSR count). The normalized spacial score (nSPS) is 13.2. The molecule has 0 aliphatic heterocycles. The van der Waals surface area contributed by atoms with E-state index in [9.17, 15) is 5.11 Å². The molecule has 5 nitrogen and oxygen atoms in total. The summed E-state index contributed by atoms with van der Waals surface area (Å²) in [4.78, 5) is 2.81. The summed E-state index contributed by atoms with van der Waals surface area (Å²) in [6.07, 6.45) is -0.882. The van der Waals surface area contributed by atoms with Gasteiger partial charge in [0.2, 0.25) is 0 Å². The zero-order chi connectivity index (χ0) is 14.9. The van der Waals surface area contributed by atoms with Crippen molar-refractivity contribution in [2.75, 3.05) is 6.61 Å². The van der Waals surface area contributed by atoms with Gasteiger partial charge in [-0.3, -0.25) is 0 Å². The second-order valence-corrected chi connectivity index (χ2v) is 4.63. The molecule has 5 heteroatoms. The van der Waals surface area contributed by atoms with Gasteiger partial charge in [0.15, 0.2) is 0 Å². The smallest absolute Gasteiger partial charge is 0.0907 e. The Bertz CT molecular complexity index is 583. The first kappa shape index (κ1) is 15.1. The van der Waals surface area contributed by atoms with Gasteiger partial charge in [-0.2, -0.15) is 0 Å². The number of benzene rings is 2. The van der Waals surface area contributed by atoms with Gasteiger partial charge in [0.25, 0.3) is 0 Å². The van der Waals surface area contributed by atoms with Crippen LogP contribution in [0.1, 0.15) is 17.2 Å². The maximum atomic E-state index is 10.2. The van der Waals surface area contributed by atoms with Crippen molar-refractivity contribution in [2.24, 2.45) is 5.11 Å². The van der Waals surface area contributed by atoms with Crippen molar-refractivity contribution >= 4 is 0 Å². The lowest BCUT2D eigenvalue weighted by molar-refractivity contribution is 0.0157. The monoisotopic (exact) mass is 283 g/mol. The van der Waals surface area contributed by atoms with Crippen LogP contribution in [-0.2, 0) is 11.3 Å². The molecule has 21 heavy (non-hydrogen) atoms. The highest BCUT2D eigenvalue weighted by Gasteiger charge is 2.19. The first-order chi connectivity index (χ1) is 10.3. The molecule has 2 aromatic carbocycles. The molecule has 0 saturated carbocycles. The van der Waals surface area contributed by atoms with E-state index < -0.39 is 12.1 Å². The third kappa shape index (κ3) is 4.61. The van der Waals surface area contributed by atoms with E-state index in [1.807, 2.05) is 60.7 Å². The highest BCUT2D eigenvalue weighted by Crippen LogP contribution is 2.22. The van der Waals surface area contributed by atoms with Gasteiger partial charge < -0.3 is 9.84 Å². The summed E-state index contributed by atoms with van der Waals surface area (Å²) in [5.41, 5.74) is 10.5. The van der Waals surface area contributed by atoms with Crippen molar-refractivity contribution in [3.05, 3.63) is 82.2 Å². The summed E-state index contributed by atoms with van der Waals surface area (Å²) in [6, 6.07) is 18.2. The van der Waals surface area contributed by atoms with Crippen molar-refractivity contribution < 1.29 is 9.84 Å². The number of azide groups is 1. The second kappa shape index (κ2) is 8.07. The van der Waals surface area contributed by atoms with Gasteiger partial charge in [-0.05, 0) is 16.7 Å². The topological polar surface area (TPSA) is 78.2 Å². The summed E-state index contributed by atoms with van der Waals surface area (Å²) >= 11 is 0. The van der Waals surface area contributed by atoms with E-state index in [-0.39, 0.29) is 6.61 Å². The number of rotatable bonds is 7. The van der Waals surface area contributed by atoms with Gasteiger partial charge in [-0.1, -0.05) is 65.8 Å². The van der Waals surface area contributed by atoms with Crippen LogP contribution in [0.25, 0.3) is 10.4 Å². The summed E-state index contributed by atoms with van der Waals surface area (Å²) in [5, 5.41) is 13.9. The fraction of sp³-hybridized carbons (Fsp3) is 0.250. The molecule has 0 aromatic heterocycles. The number of ether oxygens (including phenoxy) is 1. The maximum absolute atomic E-state index is 10.2. The van der Waals surface area contributed by atoms with Crippen LogP contribution in [0.3, 0.4) is 0 Å². The van der Waals surface area contributed by atoms with Crippen molar-refractivity contribution in [3.8, 4) is 0 Å². The third-order valence-corrected chi connectivity index (χ3v) is 3.08. The van der Waals surface area contributed by atoms with Crippen LogP contribution < -0.4 is 0 Å². The molecule has 0 heterocycles. The van der Waals surface area contributed by atoms with Crippen molar-refractivity contribution in [2.45, 2.75) is 18.8 Å². The SMILES string of the molecule is [N-]=[N+]=N[C@@H](c1ccccc1)[C@@H](O)COCc1ccccc1. The van der Waals surface area contributed by atoms with Crippen LogP contribution in [0.2, 0.25) is 0 Å². The lowest BCUT2D eigenvalue weighted by Crippen LogP contribution is -2.22. The molecule has 108 valence electrons. The molecule has 0 bridgehead atoms. The van der Waals surface area contributed by atoms with E-state index in [0.717, 1.165) is 11.1 Å². The summed E-state index contributed by atoms with van der Waals surface area (Å²) in [5.74, 6) is 0. The number of hydrogen-bond acceptors (Lipinski definition) is 3. The lowest BCUT2D eigenvalue weighted by Gasteiger charge is -2.18. The Morgan fingerprint density at radius 3 is 2.29 bits per heavy atom. The number of aliphatic hydroxyl groups is 1. The summed E-state index contributed by atoms with van der Waals surface area (Å²) in [6.45, 7) is 0.517. The predicted molar refractivity (Wildman–Crippen MR) is 80.4 cm³/mol. The van der Waals surface area contributed by atoms with Crippen LogP contribution in [0.15, 0.2) is 65.8 Å². The molecule has 0 aliphatic rings. The van der Waals surface area contributed by atoms with Gasteiger partial charge in [-0.25, -0.2) is 0 Å². The number of aliphatic hydroxyl groups excluding tert-OH is 1. The summed E-state index contributed by atoms with van der Waals surface area (Å²) in [7, 11) is 0. The van der Waals surface area contributed by atoms with Crippen molar-refractivity contribution in [3.63, 3.8) is 0 Å². The average Bonchev–Trinajstić information content (AvgIpc) is 2.54. The minimum Gasteiger partial charge on any atom is -0.390 e. The first-order valence-electron chi connectivity index (χ1n) is 6.70. The number of hydrogen-bond donors (Lipinski definition) is 1. The predicted octanol–water partition coefficient (Wildman–Crippen LogP) is 3.62. The molecule has 0 amide bonds. The molecule has 1 N–H and O–H groups in total. The average molecular weight is 283 g/mol. The van der Waals surface area contributed by atoms with Gasteiger partial charge in [0.05, 0.1) is 25.4 Å². The van der Waals surface area contributed by atoms with E-state index in [1.54, 1.807) is 0 Å². The van der Waals surface area contributed by atoms with Gasteiger partial charge in [0, 0.05) is 4.91 Å².